The van der Waals surface area contributed by atoms with Gasteiger partial charge in [0, 0.05) is 6.07 Å². The Morgan fingerprint density at radius 3 is 2.47 bits per heavy atom. The molecule has 0 aliphatic carbocycles. The number of nitrogens with zero attached hydrogens (tertiary/aromatic N) is 1. The molecule has 0 radical (unpaired) electrons. The summed E-state index contributed by atoms with van der Waals surface area (Å²) in [6, 6.07) is 4.02. The third-order valence-corrected chi connectivity index (χ3v) is 2.21. The molecule has 19 heavy (non-hydrogen) atoms. The Balaban J connectivity index is 1.75. The fourth-order valence-corrected chi connectivity index (χ4v) is 1.32. The van der Waals surface area contributed by atoms with Crippen LogP contribution in [-0.2, 0) is 13.1 Å². The minimum atomic E-state index is -1.15. The molecule has 0 unspecified atom stereocenters. The third kappa shape index (κ3) is 3.60. The number of carboxylic acids is 1. The first kappa shape index (κ1) is 12.7. The van der Waals surface area contributed by atoms with E-state index in [1.165, 1.54) is 18.3 Å². The lowest BCUT2D eigenvalue weighted by molar-refractivity contribution is 0.0660. The van der Waals surface area contributed by atoms with E-state index in [0.717, 1.165) is 0 Å². The predicted octanol–water partition coefficient (Wildman–Crippen LogP) is 0.965. The van der Waals surface area contributed by atoms with Gasteiger partial charge in [-0.05, 0) is 12.1 Å². The van der Waals surface area contributed by atoms with E-state index < -0.39 is 12.0 Å². The molecule has 2 aromatic heterocycles. The topological polar surface area (TPSA) is 118 Å². The molecule has 2 aromatic rings. The summed E-state index contributed by atoms with van der Waals surface area (Å²) in [5.74, 6) is -0.437. The average molecular weight is 265 g/mol. The molecule has 2 rings (SSSR count). The van der Waals surface area contributed by atoms with Crippen molar-refractivity contribution >= 4 is 12.0 Å². The van der Waals surface area contributed by atoms with E-state index in [2.05, 4.69) is 15.8 Å². The SMILES string of the molecule is O=C(NCc1ccno1)NCc1ccc(C(=O)O)o1. The van der Waals surface area contributed by atoms with Gasteiger partial charge in [0.15, 0.2) is 5.76 Å². The van der Waals surface area contributed by atoms with E-state index in [0.29, 0.717) is 11.5 Å². The van der Waals surface area contributed by atoms with Crippen molar-refractivity contribution in [3.05, 3.63) is 41.7 Å². The summed E-state index contributed by atoms with van der Waals surface area (Å²) in [6.45, 7) is 0.305. The standard InChI is InChI=1S/C11H11N3O5/c15-10(16)9-2-1-7(18-9)5-12-11(17)13-6-8-3-4-14-19-8/h1-4H,5-6H2,(H,15,16)(H2,12,13,17). The molecule has 2 amide bonds. The van der Waals surface area contributed by atoms with E-state index in [1.54, 1.807) is 6.07 Å². The van der Waals surface area contributed by atoms with Crippen LogP contribution in [0.15, 0.2) is 33.3 Å². The Morgan fingerprint density at radius 1 is 1.16 bits per heavy atom. The molecule has 8 heteroatoms. The summed E-state index contributed by atoms with van der Waals surface area (Å²) in [4.78, 5) is 22.0. The highest BCUT2D eigenvalue weighted by atomic mass is 16.5. The highest BCUT2D eigenvalue weighted by Crippen LogP contribution is 2.07. The second-order valence-corrected chi connectivity index (χ2v) is 3.59. The lowest BCUT2D eigenvalue weighted by Crippen LogP contribution is -2.34. The van der Waals surface area contributed by atoms with Crippen molar-refractivity contribution in [3.63, 3.8) is 0 Å². The Morgan fingerprint density at radius 2 is 1.89 bits per heavy atom. The number of urea groups is 1. The normalized spacial score (nSPS) is 10.1. The van der Waals surface area contributed by atoms with Gasteiger partial charge in [-0.2, -0.15) is 0 Å². The van der Waals surface area contributed by atoms with Gasteiger partial charge in [0.1, 0.15) is 5.76 Å². The highest BCUT2D eigenvalue weighted by molar-refractivity contribution is 5.84. The molecule has 3 N–H and O–H groups in total. The number of aromatic carboxylic acids is 1. The lowest BCUT2D eigenvalue weighted by atomic mass is 10.4. The van der Waals surface area contributed by atoms with E-state index in [4.69, 9.17) is 14.0 Å². The van der Waals surface area contributed by atoms with Crippen molar-refractivity contribution in [3.8, 4) is 0 Å². The van der Waals surface area contributed by atoms with Crippen LogP contribution in [0.3, 0.4) is 0 Å². The molecule has 0 saturated carbocycles. The van der Waals surface area contributed by atoms with Crippen molar-refractivity contribution in [2.75, 3.05) is 0 Å². The molecule has 0 saturated heterocycles. The number of aromatic nitrogens is 1. The number of hydrogen-bond acceptors (Lipinski definition) is 5. The molecule has 0 spiro atoms. The van der Waals surface area contributed by atoms with Gasteiger partial charge in [0.2, 0.25) is 5.76 Å². The number of carbonyl (C=O) groups is 2. The largest absolute Gasteiger partial charge is 0.475 e. The fraction of sp³-hybridized carbons (Fsp3) is 0.182. The zero-order valence-corrected chi connectivity index (χ0v) is 9.75. The average Bonchev–Trinajstić information content (AvgIpc) is 3.05. The maximum absolute atomic E-state index is 11.4. The van der Waals surface area contributed by atoms with Gasteiger partial charge < -0.3 is 24.7 Å². The van der Waals surface area contributed by atoms with Crippen molar-refractivity contribution in [1.29, 1.82) is 0 Å². The van der Waals surface area contributed by atoms with Crippen LogP contribution in [0.2, 0.25) is 0 Å². The lowest BCUT2D eigenvalue weighted by Gasteiger charge is -2.04. The molecular weight excluding hydrogens is 254 g/mol. The van der Waals surface area contributed by atoms with Crippen LogP contribution >= 0.6 is 0 Å². The predicted molar refractivity (Wildman–Crippen MR) is 61.2 cm³/mol. The number of amides is 2. The van der Waals surface area contributed by atoms with Gasteiger partial charge in [-0.15, -0.1) is 0 Å². The summed E-state index contributed by atoms with van der Waals surface area (Å²) in [7, 11) is 0. The Hall–Kier alpha value is -2.77. The highest BCUT2D eigenvalue weighted by Gasteiger charge is 2.09. The summed E-state index contributed by atoms with van der Waals surface area (Å²) < 4.78 is 9.78. The molecule has 0 aliphatic rings. The van der Waals surface area contributed by atoms with Crippen LogP contribution in [0.25, 0.3) is 0 Å². The first-order chi connectivity index (χ1) is 9.15. The maximum atomic E-state index is 11.4. The van der Waals surface area contributed by atoms with Crippen molar-refractivity contribution in [1.82, 2.24) is 15.8 Å². The molecule has 0 aromatic carbocycles. The zero-order valence-electron chi connectivity index (χ0n) is 9.75. The molecule has 0 aliphatic heterocycles. The van der Waals surface area contributed by atoms with Gasteiger partial charge >= 0.3 is 12.0 Å². The smallest absolute Gasteiger partial charge is 0.371 e. The molecule has 100 valence electrons. The van der Waals surface area contributed by atoms with Crippen LogP contribution in [-0.4, -0.2) is 22.3 Å². The second-order valence-electron chi connectivity index (χ2n) is 3.59. The number of carbonyl (C=O) groups excluding carboxylic acids is 1. The van der Waals surface area contributed by atoms with Crippen LogP contribution in [0.5, 0.6) is 0 Å². The van der Waals surface area contributed by atoms with E-state index in [-0.39, 0.29) is 18.8 Å². The molecule has 0 bridgehead atoms. The number of carboxylic acid groups (broad SMARTS) is 1. The molecule has 8 nitrogen and oxygen atoms in total. The summed E-state index contributed by atoms with van der Waals surface area (Å²) in [5.41, 5.74) is 0. The Kier molecular flexibility index (Phi) is 3.81. The van der Waals surface area contributed by atoms with Crippen LogP contribution in [0, 0.1) is 0 Å². The van der Waals surface area contributed by atoms with Gasteiger partial charge in [-0.1, -0.05) is 5.16 Å². The minimum Gasteiger partial charge on any atom is -0.475 e. The summed E-state index contributed by atoms with van der Waals surface area (Å²) >= 11 is 0. The third-order valence-electron chi connectivity index (χ3n) is 2.21. The van der Waals surface area contributed by atoms with Crippen molar-refractivity contribution in [2.45, 2.75) is 13.1 Å². The maximum Gasteiger partial charge on any atom is 0.371 e. The van der Waals surface area contributed by atoms with Crippen LogP contribution < -0.4 is 10.6 Å². The molecule has 0 atom stereocenters. The quantitative estimate of drug-likeness (QED) is 0.741. The number of furan rings is 1. The molecular formula is C11H11N3O5. The first-order valence-electron chi connectivity index (χ1n) is 5.38. The van der Waals surface area contributed by atoms with Crippen LogP contribution in [0.4, 0.5) is 4.79 Å². The zero-order chi connectivity index (χ0) is 13.7. The fourth-order valence-electron chi connectivity index (χ4n) is 1.32. The monoisotopic (exact) mass is 265 g/mol. The van der Waals surface area contributed by atoms with Crippen molar-refractivity contribution < 1.29 is 23.6 Å². The summed E-state index contributed by atoms with van der Waals surface area (Å²) in [6.07, 6.45) is 1.48. The Labute approximate surface area is 107 Å². The minimum absolute atomic E-state index is 0.0928. The van der Waals surface area contributed by atoms with Crippen molar-refractivity contribution in [2.24, 2.45) is 0 Å². The second kappa shape index (κ2) is 5.71. The van der Waals surface area contributed by atoms with Gasteiger partial charge in [0.25, 0.3) is 0 Å². The van der Waals surface area contributed by atoms with Gasteiger partial charge in [-0.25, -0.2) is 9.59 Å². The molecule has 0 fully saturated rings. The van der Waals surface area contributed by atoms with E-state index in [9.17, 15) is 9.59 Å². The number of hydrogen-bond donors (Lipinski definition) is 3. The van der Waals surface area contributed by atoms with Gasteiger partial charge in [0.05, 0.1) is 19.3 Å². The number of rotatable bonds is 5. The van der Waals surface area contributed by atoms with Crippen LogP contribution in [0.1, 0.15) is 22.1 Å². The Bertz CT molecular complexity index is 561. The van der Waals surface area contributed by atoms with Gasteiger partial charge in [-0.3, -0.25) is 0 Å². The van der Waals surface area contributed by atoms with E-state index in [1.807, 2.05) is 0 Å². The molecule has 2 heterocycles. The van der Waals surface area contributed by atoms with E-state index >= 15 is 0 Å². The number of nitrogens with one attached hydrogen (secondary N) is 2. The first-order valence-corrected chi connectivity index (χ1v) is 5.38. The summed E-state index contributed by atoms with van der Waals surface area (Å²) in [5, 5.41) is 17.2.